The molecule has 2 aromatic rings. The van der Waals surface area contributed by atoms with Crippen LogP contribution in [0.2, 0.25) is 0 Å². The van der Waals surface area contributed by atoms with E-state index < -0.39 is 6.10 Å². The first-order chi connectivity index (χ1) is 10.6. The van der Waals surface area contributed by atoms with Crippen molar-refractivity contribution >= 4 is 5.91 Å². The predicted molar refractivity (Wildman–Crippen MR) is 81.2 cm³/mol. The number of aliphatic hydroxyl groups is 1. The molecule has 0 aliphatic carbocycles. The zero-order chi connectivity index (χ0) is 15.5. The van der Waals surface area contributed by atoms with Gasteiger partial charge in [-0.15, -0.1) is 0 Å². The molecule has 1 aromatic carbocycles. The molecule has 0 saturated carbocycles. The Morgan fingerprint density at radius 2 is 2.18 bits per heavy atom. The lowest BCUT2D eigenvalue weighted by Crippen LogP contribution is -2.46. The third-order valence-electron chi connectivity index (χ3n) is 4.12. The van der Waals surface area contributed by atoms with E-state index in [1.54, 1.807) is 11.8 Å². The number of piperidine rings is 1. The van der Waals surface area contributed by atoms with Gasteiger partial charge in [-0.2, -0.15) is 5.10 Å². The molecule has 1 fully saturated rings. The molecule has 0 spiro atoms. The molecular weight excluding hydrogens is 280 g/mol. The van der Waals surface area contributed by atoms with Crippen molar-refractivity contribution in [1.29, 1.82) is 0 Å². The number of rotatable bonds is 3. The number of hydrogen-bond donors (Lipinski definition) is 2. The number of nitrogens with one attached hydrogen (secondary N) is 1. The third kappa shape index (κ3) is 3.17. The van der Waals surface area contributed by atoms with E-state index in [-0.39, 0.29) is 18.2 Å². The molecule has 22 heavy (non-hydrogen) atoms. The maximum atomic E-state index is 12.3. The third-order valence-corrected chi connectivity index (χ3v) is 4.12. The van der Waals surface area contributed by atoms with Gasteiger partial charge in [-0.25, -0.2) is 4.98 Å². The summed E-state index contributed by atoms with van der Waals surface area (Å²) in [7, 11) is 0. The average molecular weight is 300 g/mol. The molecule has 2 N–H and O–H groups in total. The Hall–Kier alpha value is -2.21. The minimum atomic E-state index is -0.533. The topological polar surface area (TPSA) is 82.1 Å². The van der Waals surface area contributed by atoms with Gasteiger partial charge in [0.25, 0.3) is 0 Å². The first-order valence-corrected chi connectivity index (χ1v) is 7.52. The van der Waals surface area contributed by atoms with Crippen LogP contribution >= 0.6 is 0 Å². The van der Waals surface area contributed by atoms with Crippen molar-refractivity contribution in [2.75, 3.05) is 13.1 Å². The molecule has 1 aromatic heterocycles. The number of likely N-dealkylation sites (tertiary alicyclic amines) is 1. The number of hydrogen-bond acceptors (Lipinski definition) is 4. The van der Waals surface area contributed by atoms with Gasteiger partial charge in [0.15, 0.2) is 5.82 Å². The summed E-state index contributed by atoms with van der Waals surface area (Å²) in [4.78, 5) is 18.1. The highest BCUT2D eigenvalue weighted by Gasteiger charge is 2.31. The van der Waals surface area contributed by atoms with E-state index in [1.807, 2.05) is 30.3 Å². The highest BCUT2D eigenvalue weighted by molar-refractivity contribution is 5.78. The second-order valence-corrected chi connectivity index (χ2v) is 5.73. The standard InChI is InChI=1S/C16H20N4O2/c1-11-17-15(19-18-11)9-16(22)20-8-7-13(14(21)10-20)12-5-3-2-4-6-12/h2-6,13-14,21H,7-10H2,1H3,(H,17,18,19)/t13-,14+/m0/s1. The minimum absolute atomic E-state index is 0.0374. The number of aromatic amines is 1. The molecule has 6 heteroatoms. The zero-order valence-electron chi connectivity index (χ0n) is 12.6. The van der Waals surface area contributed by atoms with E-state index in [1.165, 1.54) is 0 Å². The highest BCUT2D eigenvalue weighted by Crippen LogP contribution is 2.28. The maximum Gasteiger partial charge on any atom is 0.230 e. The van der Waals surface area contributed by atoms with Crippen LogP contribution in [0.5, 0.6) is 0 Å². The van der Waals surface area contributed by atoms with E-state index in [0.29, 0.717) is 24.7 Å². The molecule has 2 atom stereocenters. The zero-order valence-corrected chi connectivity index (χ0v) is 12.6. The fourth-order valence-corrected chi connectivity index (χ4v) is 2.96. The quantitative estimate of drug-likeness (QED) is 0.887. The predicted octanol–water partition coefficient (Wildman–Crippen LogP) is 1.03. The van der Waals surface area contributed by atoms with E-state index in [4.69, 9.17) is 0 Å². The molecule has 1 aliphatic rings. The number of carbonyl (C=O) groups is 1. The van der Waals surface area contributed by atoms with Crippen molar-refractivity contribution < 1.29 is 9.90 Å². The number of H-pyrrole nitrogens is 1. The summed E-state index contributed by atoms with van der Waals surface area (Å²) in [6.45, 7) is 2.82. The van der Waals surface area contributed by atoms with Gasteiger partial charge < -0.3 is 10.0 Å². The summed E-state index contributed by atoms with van der Waals surface area (Å²) in [5.41, 5.74) is 1.13. The largest absolute Gasteiger partial charge is 0.391 e. The highest BCUT2D eigenvalue weighted by atomic mass is 16.3. The van der Waals surface area contributed by atoms with E-state index in [9.17, 15) is 9.90 Å². The van der Waals surface area contributed by atoms with Crippen LogP contribution in [0.3, 0.4) is 0 Å². The van der Waals surface area contributed by atoms with Gasteiger partial charge in [0.2, 0.25) is 5.91 Å². The second-order valence-electron chi connectivity index (χ2n) is 5.73. The first-order valence-electron chi connectivity index (χ1n) is 7.52. The number of nitrogens with zero attached hydrogens (tertiary/aromatic N) is 3. The number of carbonyl (C=O) groups excluding carboxylic acids is 1. The summed E-state index contributed by atoms with van der Waals surface area (Å²) < 4.78 is 0. The fraction of sp³-hybridized carbons (Fsp3) is 0.438. The van der Waals surface area contributed by atoms with Gasteiger partial charge in [0, 0.05) is 19.0 Å². The number of β-amino-alcohol motifs (C(OH)–C–C–N with tert-alkyl or cyclic N) is 1. The Morgan fingerprint density at radius 3 is 2.82 bits per heavy atom. The number of benzene rings is 1. The Labute approximate surface area is 129 Å². The minimum Gasteiger partial charge on any atom is -0.391 e. The molecule has 3 rings (SSSR count). The Bertz CT molecular complexity index is 641. The Morgan fingerprint density at radius 1 is 1.41 bits per heavy atom. The lowest BCUT2D eigenvalue weighted by Gasteiger charge is -2.36. The number of aromatic nitrogens is 3. The Balaban J connectivity index is 1.61. The van der Waals surface area contributed by atoms with Gasteiger partial charge >= 0.3 is 0 Å². The monoisotopic (exact) mass is 300 g/mol. The molecule has 1 aliphatic heterocycles. The average Bonchev–Trinajstić information content (AvgIpc) is 2.93. The number of amides is 1. The molecule has 1 amide bonds. The molecule has 1 saturated heterocycles. The van der Waals surface area contributed by atoms with Crippen LogP contribution < -0.4 is 0 Å². The second kappa shape index (κ2) is 6.27. The van der Waals surface area contributed by atoms with Crippen molar-refractivity contribution in [3.63, 3.8) is 0 Å². The molecule has 0 bridgehead atoms. The summed E-state index contributed by atoms with van der Waals surface area (Å²) in [6, 6.07) is 9.98. The molecule has 0 unspecified atom stereocenters. The lowest BCUT2D eigenvalue weighted by atomic mass is 9.87. The molecular formula is C16H20N4O2. The molecule has 0 radical (unpaired) electrons. The summed E-state index contributed by atoms with van der Waals surface area (Å²) >= 11 is 0. The summed E-state index contributed by atoms with van der Waals surface area (Å²) in [6.07, 6.45) is 0.408. The van der Waals surface area contributed by atoms with Gasteiger partial charge in [-0.3, -0.25) is 9.89 Å². The van der Waals surface area contributed by atoms with E-state index in [0.717, 1.165) is 12.0 Å². The van der Waals surface area contributed by atoms with Gasteiger partial charge in [0.05, 0.1) is 12.5 Å². The smallest absolute Gasteiger partial charge is 0.230 e. The lowest BCUT2D eigenvalue weighted by molar-refractivity contribution is -0.134. The van der Waals surface area contributed by atoms with Crippen LogP contribution in [0.4, 0.5) is 0 Å². The van der Waals surface area contributed by atoms with Crippen molar-refractivity contribution in [1.82, 2.24) is 20.1 Å². The van der Waals surface area contributed by atoms with Crippen LogP contribution in [0.15, 0.2) is 30.3 Å². The normalized spacial score (nSPS) is 21.8. The number of aliphatic hydroxyl groups excluding tert-OH is 1. The van der Waals surface area contributed by atoms with Crippen molar-refractivity contribution in [2.24, 2.45) is 0 Å². The molecule has 6 nitrogen and oxygen atoms in total. The van der Waals surface area contributed by atoms with Crippen LogP contribution in [0.1, 0.15) is 29.6 Å². The van der Waals surface area contributed by atoms with Crippen LogP contribution in [0, 0.1) is 6.92 Å². The van der Waals surface area contributed by atoms with Gasteiger partial charge in [0.1, 0.15) is 5.82 Å². The van der Waals surface area contributed by atoms with Gasteiger partial charge in [-0.05, 0) is 18.9 Å². The Kier molecular flexibility index (Phi) is 4.20. The fourth-order valence-electron chi connectivity index (χ4n) is 2.96. The maximum absolute atomic E-state index is 12.3. The van der Waals surface area contributed by atoms with E-state index in [2.05, 4.69) is 15.2 Å². The SMILES string of the molecule is Cc1nc(CC(=O)N2CC[C@@H](c3ccccc3)[C@H](O)C2)n[nH]1. The van der Waals surface area contributed by atoms with Gasteiger partial charge in [-0.1, -0.05) is 30.3 Å². The summed E-state index contributed by atoms with van der Waals surface area (Å²) in [5, 5.41) is 17.1. The van der Waals surface area contributed by atoms with Crippen molar-refractivity contribution in [3.8, 4) is 0 Å². The number of aryl methyl sites for hydroxylation is 1. The van der Waals surface area contributed by atoms with Crippen LogP contribution in [-0.4, -0.2) is 50.3 Å². The summed E-state index contributed by atoms with van der Waals surface area (Å²) in [5.74, 6) is 1.26. The molecule has 116 valence electrons. The van der Waals surface area contributed by atoms with Crippen molar-refractivity contribution in [3.05, 3.63) is 47.5 Å². The van der Waals surface area contributed by atoms with Crippen LogP contribution in [0.25, 0.3) is 0 Å². The van der Waals surface area contributed by atoms with E-state index >= 15 is 0 Å². The molecule has 2 heterocycles. The van der Waals surface area contributed by atoms with Crippen LogP contribution in [-0.2, 0) is 11.2 Å². The first kappa shape index (κ1) is 14.7. The van der Waals surface area contributed by atoms with Crippen molar-refractivity contribution in [2.45, 2.75) is 31.8 Å².